The summed E-state index contributed by atoms with van der Waals surface area (Å²) in [7, 11) is 0. The van der Waals surface area contributed by atoms with Gasteiger partial charge >= 0.3 is 0 Å². The molecule has 1 aliphatic rings. The Morgan fingerprint density at radius 2 is 2.28 bits per heavy atom. The van der Waals surface area contributed by atoms with Gasteiger partial charge < -0.3 is 0 Å². The van der Waals surface area contributed by atoms with Gasteiger partial charge in [0.2, 0.25) is 0 Å². The average Bonchev–Trinajstić information content (AvgIpc) is 3.06. The van der Waals surface area contributed by atoms with Crippen LogP contribution in [0.4, 0.5) is 0 Å². The Balaban J connectivity index is 2.02. The van der Waals surface area contributed by atoms with Crippen molar-refractivity contribution in [2.75, 3.05) is 0 Å². The fraction of sp³-hybridized carbons (Fsp3) is 0.417. The van der Waals surface area contributed by atoms with Gasteiger partial charge in [0.1, 0.15) is 11.0 Å². The minimum Gasteiger partial charge on any atom is -0.290 e. The van der Waals surface area contributed by atoms with Crippen molar-refractivity contribution in [3.8, 4) is 0 Å². The van der Waals surface area contributed by atoms with Crippen molar-refractivity contribution in [3.05, 3.63) is 43.5 Å². The highest BCUT2D eigenvalue weighted by atomic mass is 35.5. The Labute approximate surface area is 113 Å². The second-order valence-electron chi connectivity index (χ2n) is 4.49. The van der Waals surface area contributed by atoms with Gasteiger partial charge in [-0.25, -0.2) is 9.97 Å². The second-order valence-corrected chi connectivity index (χ2v) is 5.94. The zero-order valence-corrected chi connectivity index (χ0v) is 11.5. The zero-order chi connectivity index (χ0) is 12.7. The molecule has 0 bridgehead atoms. The molecular weight excluding hydrogens is 270 g/mol. The number of hydrogen-bond acceptors (Lipinski definition) is 4. The van der Waals surface area contributed by atoms with Crippen molar-refractivity contribution in [2.45, 2.75) is 32.2 Å². The molecule has 6 heteroatoms. The Morgan fingerprint density at radius 3 is 2.89 bits per heavy atom. The van der Waals surface area contributed by atoms with Gasteiger partial charge in [-0.3, -0.25) is 9.36 Å². The summed E-state index contributed by atoms with van der Waals surface area (Å²) < 4.78 is 1.69. The molecule has 1 aliphatic carbocycles. The highest BCUT2D eigenvalue weighted by Gasteiger charge is 2.29. The fourth-order valence-corrected chi connectivity index (χ4v) is 2.73. The minimum atomic E-state index is -0.0949. The van der Waals surface area contributed by atoms with Crippen LogP contribution in [-0.2, 0) is 6.54 Å². The van der Waals surface area contributed by atoms with Crippen LogP contribution in [0.3, 0.4) is 0 Å². The van der Waals surface area contributed by atoms with E-state index in [2.05, 4.69) is 9.97 Å². The molecule has 0 aromatic carbocycles. The molecule has 1 fully saturated rings. The Kier molecular flexibility index (Phi) is 2.95. The molecule has 4 nitrogen and oxygen atoms in total. The van der Waals surface area contributed by atoms with Gasteiger partial charge in [0, 0.05) is 17.4 Å². The summed E-state index contributed by atoms with van der Waals surface area (Å²) in [5, 5.41) is 3.27. The molecule has 3 rings (SSSR count). The van der Waals surface area contributed by atoms with E-state index in [1.807, 2.05) is 12.3 Å². The van der Waals surface area contributed by atoms with Crippen LogP contribution in [0.15, 0.2) is 16.2 Å². The maximum Gasteiger partial charge on any atom is 0.255 e. The van der Waals surface area contributed by atoms with Crippen molar-refractivity contribution in [2.24, 2.45) is 0 Å². The van der Waals surface area contributed by atoms with E-state index in [-0.39, 0.29) is 10.7 Å². The molecule has 0 N–H and O–H groups in total. The summed E-state index contributed by atoms with van der Waals surface area (Å²) in [6, 6.07) is 1.37. The van der Waals surface area contributed by atoms with Crippen molar-refractivity contribution in [3.63, 3.8) is 0 Å². The van der Waals surface area contributed by atoms with Gasteiger partial charge in [0.05, 0.1) is 17.2 Å². The highest BCUT2D eigenvalue weighted by molar-refractivity contribution is 7.09. The minimum absolute atomic E-state index is 0.0949. The number of halogens is 1. The topological polar surface area (TPSA) is 47.8 Å². The van der Waals surface area contributed by atoms with Gasteiger partial charge in [0.15, 0.2) is 0 Å². The first-order valence-electron chi connectivity index (χ1n) is 5.82. The van der Waals surface area contributed by atoms with E-state index in [0.29, 0.717) is 12.5 Å². The maximum atomic E-state index is 12.0. The molecule has 0 saturated heterocycles. The average molecular weight is 282 g/mol. The third-order valence-corrected chi connectivity index (χ3v) is 3.95. The van der Waals surface area contributed by atoms with Crippen LogP contribution >= 0.6 is 22.9 Å². The zero-order valence-electron chi connectivity index (χ0n) is 9.89. The highest BCUT2D eigenvalue weighted by Crippen LogP contribution is 2.38. The summed E-state index contributed by atoms with van der Waals surface area (Å²) in [6.45, 7) is 2.44. The Bertz CT molecular complexity index is 645. The molecule has 94 valence electrons. The van der Waals surface area contributed by atoms with Gasteiger partial charge in [0.25, 0.3) is 5.56 Å². The standard InChI is InChI=1S/C12H12ClN3OS/c1-7-14-9(6-18-7)5-16-11(17)4-10(13)15-12(16)8-2-3-8/h4,6,8H,2-3,5H2,1H3. The first kappa shape index (κ1) is 11.9. The fourth-order valence-electron chi connectivity index (χ4n) is 1.95. The van der Waals surface area contributed by atoms with E-state index in [4.69, 9.17) is 11.6 Å². The van der Waals surface area contributed by atoms with Crippen LogP contribution < -0.4 is 5.56 Å². The van der Waals surface area contributed by atoms with Crippen molar-refractivity contribution in [1.82, 2.24) is 14.5 Å². The summed E-state index contributed by atoms with van der Waals surface area (Å²) in [6.07, 6.45) is 2.17. The lowest BCUT2D eigenvalue weighted by Crippen LogP contribution is -2.24. The molecule has 0 amide bonds. The maximum absolute atomic E-state index is 12.0. The SMILES string of the molecule is Cc1nc(Cn2c(C3CC3)nc(Cl)cc2=O)cs1. The second kappa shape index (κ2) is 4.48. The predicted molar refractivity (Wildman–Crippen MR) is 71.4 cm³/mol. The summed E-state index contributed by atoms with van der Waals surface area (Å²) >= 11 is 7.45. The first-order valence-corrected chi connectivity index (χ1v) is 7.07. The molecule has 0 radical (unpaired) electrons. The number of aromatic nitrogens is 3. The number of aryl methyl sites for hydroxylation is 1. The number of hydrogen-bond donors (Lipinski definition) is 0. The van der Waals surface area contributed by atoms with E-state index in [1.165, 1.54) is 6.07 Å². The van der Waals surface area contributed by atoms with Crippen molar-refractivity contribution < 1.29 is 0 Å². The van der Waals surface area contributed by atoms with Crippen molar-refractivity contribution >= 4 is 22.9 Å². The number of nitrogens with zero attached hydrogens (tertiary/aromatic N) is 3. The van der Waals surface area contributed by atoms with Crippen LogP contribution in [0.2, 0.25) is 5.15 Å². The quantitative estimate of drug-likeness (QED) is 0.813. The van der Waals surface area contributed by atoms with E-state index in [9.17, 15) is 4.79 Å². The molecule has 0 spiro atoms. The lowest BCUT2D eigenvalue weighted by Gasteiger charge is -2.10. The molecule has 0 aliphatic heterocycles. The number of thiazole rings is 1. The largest absolute Gasteiger partial charge is 0.290 e. The van der Waals surface area contributed by atoms with Gasteiger partial charge in [-0.15, -0.1) is 11.3 Å². The molecule has 2 heterocycles. The molecule has 2 aromatic rings. The normalized spacial score (nSPS) is 15.0. The summed E-state index contributed by atoms with van der Waals surface area (Å²) in [4.78, 5) is 20.7. The third-order valence-electron chi connectivity index (χ3n) is 2.94. The van der Waals surface area contributed by atoms with Gasteiger partial charge in [-0.1, -0.05) is 11.6 Å². The van der Waals surface area contributed by atoms with E-state index in [1.54, 1.807) is 15.9 Å². The van der Waals surface area contributed by atoms with E-state index in [0.717, 1.165) is 29.4 Å². The van der Waals surface area contributed by atoms with E-state index < -0.39 is 0 Å². The monoisotopic (exact) mass is 281 g/mol. The van der Waals surface area contributed by atoms with Crippen LogP contribution in [0, 0.1) is 6.92 Å². The molecule has 1 saturated carbocycles. The van der Waals surface area contributed by atoms with E-state index >= 15 is 0 Å². The molecule has 0 unspecified atom stereocenters. The summed E-state index contributed by atoms with van der Waals surface area (Å²) in [5.74, 6) is 1.19. The Hall–Kier alpha value is -1.20. The smallest absolute Gasteiger partial charge is 0.255 e. The van der Waals surface area contributed by atoms with Gasteiger partial charge in [-0.2, -0.15) is 0 Å². The van der Waals surface area contributed by atoms with Crippen LogP contribution in [0.1, 0.15) is 35.3 Å². The van der Waals surface area contributed by atoms with Crippen molar-refractivity contribution in [1.29, 1.82) is 0 Å². The predicted octanol–water partition coefficient (Wildman–Crippen LogP) is 2.59. The molecular formula is C12H12ClN3OS. The number of rotatable bonds is 3. The lowest BCUT2D eigenvalue weighted by molar-refractivity contribution is 0.660. The Morgan fingerprint density at radius 1 is 1.50 bits per heavy atom. The van der Waals surface area contributed by atoms with Crippen LogP contribution in [0.25, 0.3) is 0 Å². The third kappa shape index (κ3) is 2.33. The van der Waals surface area contributed by atoms with Crippen LogP contribution in [-0.4, -0.2) is 14.5 Å². The van der Waals surface area contributed by atoms with Gasteiger partial charge in [-0.05, 0) is 19.8 Å². The van der Waals surface area contributed by atoms with Crippen LogP contribution in [0.5, 0.6) is 0 Å². The molecule has 18 heavy (non-hydrogen) atoms. The summed E-state index contributed by atoms with van der Waals surface area (Å²) in [5.41, 5.74) is 0.813. The first-order chi connectivity index (χ1) is 8.63. The molecule has 0 atom stereocenters. The lowest BCUT2D eigenvalue weighted by atomic mass is 10.3. The molecule has 2 aromatic heterocycles.